The number of rotatable bonds is 5. The largest absolute Gasteiger partial charge is 0.356 e. The van der Waals surface area contributed by atoms with Crippen molar-refractivity contribution in [3.05, 3.63) is 35.4 Å². The molecule has 0 bridgehead atoms. The van der Waals surface area contributed by atoms with Crippen molar-refractivity contribution < 1.29 is 0 Å². The molecule has 0 aliphatic rings. The lowest BCUT2D eigenvalue weighted by molar-refractivity contribution is 0.478. The second-order valence-electron chi connectivity index (χ2n) is 4.40. The minimum Gasteiger partial charge on any atom is -0.356 e. The van der Waals surface area contributed by atoms with Crippen molar-refractivity contribution >= 4 is 5.96 Å². The van der Waals surface area contributed by atoms with Crippen molar-refractivity contribution in [2.45, 2.75) is 26.8 Å². The van der Waals surface area contributed by atoms with Crippen molar-refractivity contribution in [3.63, 3.8) is 0 Å². The highest BCUT2D eigenvalue weighted by Crippen LogP contribution is 2.07. The average Bonchev–Trinajstić information content (AvgIpc) is 2.44. The quantitative estimate of drug-likeness (QED) is 0.498. The Morgan fingerprint density at radius 3 is 2.42 bits per heavy atom. The van der Waals surface area contributed by atoms with Gasteiger partial charge >= 0.3 is 0 Å². The molecule has 0 atom stereocenters. The van der Waals surface area contributed by atoms with Crippen LogP contribution in [0.4, 0.5) is 0 Å². The van der Waals surface area contributed by atoms with Gasteiger partial charge in [0.1, 0.15) is 6.54 Å². The summed E-state index contributed by atoms with van der Waals surface area (Å²) in [5.41, 5.74) is 2.63. The molecule has 1 N–H and O–H groups in total. The standard InChI is InChI=1S/C16H23N3/c1-5-12-18-16(17-7-3)19(4)13-15-10-8-14(6-2)9-11-15/h1,8-11H,6-7,12-13H2,2-4H3,(H,17,18). The van der Waals surface area contributed by atoms with Crippen LogP contribution in [0, 0.1) is 12.3 Å². The summed E-state index contributed by atoms with van der Waals surface area (Å²) in [7, 11) is 2.02. The van der Waals surface area contributed by atoms with Gasteiger partial charge in [0.05, 0.1) is 0 Å². The highest BCUT2D eigenvalue weighted by molar-refractivity contribution is 5.79. The number of benzene rings is 1. The van der Waals surface area contributed by atoms with Crippen molar-refractivity contribution in [1.82, 2.24) is 10.2 Å². The molecule has 0 fully saturated rings. The number of guanidine groups is 1. The van der Waals surface area contributed by atoms with Gasteiger partial charge < -0.3 is 10.2 Å². The first-order chi connectivity index (χ1) is 9.21. The summed E-state index contributed by atoms with van der Waals surface area (Å²) in [6.45, 7) is 6.27. The van der Waals surface area contributed by atoms with Crippen LogP contribution in [0.2, 0.25) is 0 Å². The lowest BCUT2D eigenvalue weighted by atomic mass is 10.1. The number of aryl methyl sites for hydroxylation is 1. The molecule has 0 aliphatic heterocycles. The molecule has 1 aromatic carbocycles. The molecule has 3 heteroatoms. The lowest BCUT2D eigenvalue weighted by Crippen LogP contribution is -2.38. The molecule has 0 spiro atoms. The third kappa shape index (κ3) is 5.05. The third-order valence-electron chi connectivity index (χ3n) is 2.87. The Balaban J connectivity index is 2.69. The van der Waals surface area contributed by atoms with Crippen LogP contribution in [-0.4, -0.2) is 31.0 Å². The molecule has 0 heterocycles. The zero-order valence-electron chi connectivity index (χ0n) is 12.1. The maximum atomic E-state index is 5.25. The SMILES string of the molecule is C#CCN=C(NCC)N(C)Cc1ccc(CC)cc1. The molecule has 0 radical (unpaired) electrons. The summed E-state index contributed by atoms with van der Waals surface area (Å²) >= 11 is 0. The Kier molecular flexibility index (Phi) is 6.52. The second-order valence-corrected chi connectivity index (χ2v) is 4.40. The van der Waals surface area contributed by atoms with Gasteiger partial charge in [-0.2, -0.15) is 0 Å². The summed E-state index contributed by atoms with van der Waals surface area (Å²) in [6, 6.07) is 8.68. The summed E-state index contributed by atoms with van der Waals surface area (Å²) in [5, 5.41) is 3.24. The van der Waals surface area contributed by atoms with Gasteiger partial charge in [0.2, 0.25) is 0 Å². The van der Waals surface area contributed by atoms with E-state index in [1.54, 1.807) is 0 Å². The molecular formula is C16H23N3. The topological polar surface area (TPSA) is 27.6 Å². The van der Waals surface area contributed by atoms with Crippen LogP contribution in [0.3, 0.4) is 0 Å². The van der Waals surface area contributed by atoms with Crippen LogP contribution in [0.1, 0.15) is 25.0 Å². The van der Waals surface area contributed by atoms with Gasteiger partial charge in [-0.1, -0.05) is 37.1 Å². The first-order valence-electron chi connectivity index (χ1n) is 6.72. The smallest absolute Gasteiger partial charge is 0.194 e. The Hall–Kier alpha value is -1.95. The zero-order valence-corrected chi connectivity index (χ0v) is 12.1. The Morgan fingerprint density at radius 1 is 1.26 bits per heavy atom. The maximum absolute atomic E-state index is 5.25. The van der Waals surface area contributed by atoms with Gasteiger partial charge in [0.25, 0.3) is 0 Å². The first kappa shape index (κ1) is 15.1. The molecule has 0 aliphatic carbocycles. The molecule has 0 amide bonds. The van der Waals surface area contributed by atoms with Crippen LogP contribution < -0.4 is 5.32 Å². The minimum absolute atomic E-state index is 0.404. The third-order valence-corrected chi connectivity index (χ3v) is 2.87. The predicted molar refractivity (Wildman–Crippen MR) is 82.1 cm³/mol. The van der Waals surface area contributed by atoms with Crippen molar-refractivity contribution in [2.75, 3.05) is 20.1 Å². The second kappa shape index (κ2) is 8.20. The highest BCUT2D eigenvalue weighted by Gasteiger charge is 2.05. The van der Waals surface area contributed by atoms with Crippen LogP contribution in [-0.2, 0) is 13.0 Å². The van der Waals surface area contributed by atoms with Crippen LogP contribution >= 0.6 is 0 Å². The van der Waals surface area contributed by atoms with E-state index in [0.717, 1.165) is 25.5 Å². The molecule has 0 unspecified atom stereocenters. The van der Waals surface area contributed by atoms with Gasteiger partial charge in [-0.05, 0) is 24.5 Å². The van der Waals surface area contributed by atoms with E-state index in [-0.39, 0.29) is 0 Å². The van der Waals surface area contributed by atoms with E-state index in [4.69, 9.17) is 6.42 Å². The lowest BCUT2D eigenvalue weighted by Gasteiger charge is -2.22. The molecular weight excluding hydrogens is 234 g/mol. The molecule has 0 saturated heterocycles. The Labute approximate surface area is 116 Å². The van der Waals surface area contributed by atoms with Crippen molar-refractivity contribution in [1.29, 1.82) is 0 Å². The van der Waals surface area contributed by atoms with E-state index < -0.39 is 0 Å². The zero-order chi connectivity index (χ0) is 14.1. The average molecular weight is 257 g/mol. The first-order valence-corrected chi connectivity index (χ1v) is 6.72. The van der Waals surface area contributed by atoms with Gasteiger partial charge in [-0.15, -0.1) is 6.42 Å². The van der Waals surface area contributed by atoms with E-state index >= 15 is 0 Å². The fraction of sp³-hybridized carbons (Fsp3) is 0.438. The Bertz CT molecular complexity index is 440. The Morgan fingerprint density at radius 2 is 1.89 bits per heavy atom. The predicted octanol–water partition coefficient (Wildman–Crippen LogP) is 2.28. The molecule has 3 nitrogen and oxygen atoms in total. The van der Waals surface area contributed by atoms with Gasteiger partial charge in [-0.25, -0.2) is 4.99 Å². The minimum atomic E-state index is 0.404. The summed E-state index contributed by atoms with van der Waals surface area (Å²) in [5.74, 6) is 3.38. The van der Waals surface area contributed by atoms with Crippen LogP contribution in [0.15, 0.2) is 29.3 Å². The fourth-order valence-electron chi connectivity index (χ4n) is 1.82. The summed E-state index contributed by atoms with van der Waals surface area (Å²) < 4.78 is 0. The molecule has 1 aromatic rings. The maximum Gasteiger partial charge on any atom is 0.194 e. The molecule has 102 valence electrons. The number of aliphatic imine (C=N–C) groups is 1. The fourth-order valence-corrected chi connectivity index (χ4v) is 1.82. The normalized spacial score (nSPS) is 10.9. The van der Waals surface area contributed by atoms with Gasteiger partial charge in [0.15, 0.2) is 5.96 Å². The van der Waals surface area contributed by atoms with Crippen molar-refractivity contribution in [2.24, 2.45) is 4.99 Å². The van der Waals surface area contributed by atoms with Crippen LogP contribution in [0.25, 0.3) is 0 Å². The van der Waals surface area contributed by atoms with E-state index in [9.17, 15) is 0 Å². The van der Waals surface area contributed by atoms with E-state index in [1.165, 1.54) is 11.1 Å². The molecule has 0 aromatic heterocycles. The molecule has 0 saturated carbocycles. The number of nitrogens with one attached hydrogen (secondary N) is 1. The number of terminal acetylenes is 1. The van der Waals surface area contributed by atoms with Crippen LogP contribution in [0.5, 0.6) is 0 Å². The van der Waals surface area contributed by atoms with E-state index in [2.05, 4.69) is 59.2 Å². The van der Waals surface area contributed by atoms with Gasteiger partial charge in [0, 0.05) is 20.1 Å². The summed E-state index contributed by atoms with van der Waals surface area (Å²) in [4.78, 5) is 6.44. The molecule has 1 rings (SSSR count). The van der Waals surface area contributed by atoms with Gasteiger partial charge in [-0.3, -0.25) is 0 Å². The highest BCUT2D eigenvalue weighted by atomic mass is 15.3. The van der Waals surface area contributed by atoms with Crippen molar-refractivity contribution in [3.8, 4) is 12.3 Å². The summed E-state index contributed by atoms with van der Waals surface area (Å²) in [6.07, 6.45) is 6.33. The van der Waals surface area contributed by atoms with E-state index in [0.29, 0.717) is 6.54 Å². The number of hydrogen-bond acceptors (Lipinski definition) is 1. The van der Waals surface area contributed by atoms with E-state index in [1.807, 2.05) is 7.05 Å². The number of hydrogen-bond donors (Lipinski definition) is 1. The number of nitrogens with zero attached hydrogens (tertiary/aromatic N) is 2. The monoisotopic (exact) mass is 257 g/mol. The molecule has 19 heavy (non-hydrogen) atoms.